The van der Waals surface area contributed by atoms with Gasteiger partial charge in [0.1, 0.15) is 11.5 Å². The molecule has 100 valence electrons. The van der Waals surface area contributed by atoms with Gasteiger partial charge in [0.25, 0.3) is 0 Å². The maximum atomic E-state index is 9.67. The van der Waals surface area contributed by atoms with Gasteiger partial charge >= 0.3 is 0 Å². The zero-order chi connectivity index (χ0) is 13.7. The molecule has 0 aromatic heterocycles. The molecule has 4 heteroatoms. The van der Waals surface area contributed by atoms with E-state index in [0.29, 0.717) is 12.3 Å². The van der Waals surface area contributed by atoms with Gasteiger partial charge in [0.2, 0.25) is 0 Å². The Morgan fingerprint density at radius 2 is 1.89 bits per heavy atom. The maximum absolute atomic E-state index is 9.67. The van der Waals surface area contributed by atoms with E-state index in [2.05, 4.69) is 5.32 Å². The zero-order valence-corrected chi connectivity index (χ0v) is 10.8. The van der Waals surface area contributed by atoms with Crippen LogP contribution in [-0.2, 0) is 13.2 Å². The van der Waals surface area contributed by atoms with E-state index in [1.165, 1.54) is 0 Å². The molecule has 0 fully saturated rings. The highest BCUT2D eigenvalue weighted by Gasteiger charge is 2.04. The van der Waals surface area contributed by atoms with Crippen molar-refractivity contribution < 1.29 is 14.9 Å². The van der Waals surface area contributed by atoms with Crippen molar-refractivity contribution >= 4 is 5.69 Å². The molecule has 0 spiro atoms. The van der Waals surface area contributed by atoms with Crippen LogP contribution in [0.15, 0.2) is 42.5 Å². The Bertz CT molecular complexity index is 555. The largest absolute Gasteiger partial charge is 0.508 e. The van der Waals surface area contributed by atoms with E-state index >= 15 is 0 Å². The second-order valence-corrected chi connectivity index (χ2v) is 4.17. The first-order chi connectivity index (χ1) is 9.24. The van der Waals surface area contributed by atoms with Gasteiger partial charge < -0.3 is 20.3 Å². The molecule has 0 aliphatic carbocycles. The lowest BCUT2D eigenvalue weighted by molar-refractivity contribution is 0.274. The van der Waals surface area contributed by atoms with Gasteiger partial charge in [-0.2, -0.15) is 0 Å². The number of phenolic OH excluding ortho intramolecular Hbond substituents is 1. The van der Waals surface area contributed by atoms with Crippen LogP contribution in [0.2, 0.25) is 0 Å². The second-order valence-electron chi connectivity index (χ2n) is 4.17. The molecule has 0 amide bonds. The Kier molecular flexibility index (Phi) is 4.26. The molecule has 0 saturated carbocycles. The van der Waals surface area contributed by atoms with Crippen molar-refractivity contribution in [2.45, 2.75) is 13.2 Å². The van der Waals surface area contributed by atoms with Crippen molar-refractivity contribution in [2.75, 3.05) is 12.4 Å². The van der Waals surface area contributed by atoms with Gasteiger partial charge in [0, 0.05) is 23.4 Å². The van der Waals surface area contributed by atoms with E-state index < -0.39 is 0 Å². The monoisotopic (exact) mass is 259 g/mol. The lowest BCUT2D eigenvalue weighted by Gasteiger charge is -2.11. The van der Waals surface area contributed by atoms with Gasteiger partial charge in [-0.25, -0.2) is 0 Å². The average Bonchev–Trinajstić information content (AvgIpc) is 2.46. The summed E-state index contributed by atoms with van der Waals surface area (Å²) in [7, 11) is 1.57. The summed E-state index contributed by atoms with van der Waals surface area (Å²) in [5.74, 6) is 0.932. The fraction of sp³-hybridized carbons (Fsp3) is 0.200. The van der Waals surface area contributed by atoms with Gasteiger partial charge in [-0.05, 0) is 24.3 Å². The number of rotatable bonds is 5. The molecule has 0 aliphatic rings. The maximum Gasteiger partial charge on any atom is 0.124 e. The molecule has 3 N–H and O–H groups in total. The number of aliphatic hydroxyl groups is 1. The van der Waals surface area contributed by atoms with Gasteiger partial charge in [-0.1, -0.05) is 18.2 Å². The van der Waals surface area contributed by atoms with Crippen molar-refractivity contribution in [3.05, 3.63) is 53.6 Å². The minimum atomic E-state index is -0.0741. The van der Waals surface area contributed by atoms with Crippen LogP contribution in [-0.4, -0.2) is 17.3 Å². The summed E-state index contributed by atoms with van der Waals surface area (Å²) in [5, 5.41) is 22.1. The molecule has 2 rings (SSSR count). The van der Waals surface area contributed by atoms with E-state index in [4.69, 9.17) is 4.74 Å². The van der Waals surface area contributed by atoms with Crippen LogP contribution in [0.5, 0.6) is 11.5 Å². The Labute approximate surface area is 112 Å². The molecule has 0 atom stereocenters. The first-order valence-electron chi connectivity index (χ1n) is 6.03. The predicted molar refractivity (Wildman–Crippen MR) is 74.4 cm³/mol. The third kappa shape index (κ3) is 3.17. The Hall–Kier alpha value is -2.20. The minimum Gasteiger partial charge on any atom is -0.508 e. The van der Waals surface area contributed by atoms with Gasteiger partial charge in [0.15, 0.2) is 0 Å². The summed E-state index contributed by atoms with van der Waals surface area (Å²) in [4.78, 5) is 0. The molecule has 19 heavy (non-hydrogen) atoms. The summed E-state index contributed by atoms with van der Waals surface area (Å²) in [6, 6.07) is 12.7. The van der Waals surface area contributed by atoms with Crippen LogP contribution in [0, 0.1) is 0 Å². The molecule has 0 aliphatic heterocycles. The number of hydrogen-bond acceptors (Lipinski definition) is 4. The van der Waals surface area contributed by atoms with Crippen LogP contribution in [0.3, 0.4) is 0 Å². The highest BCUT2D eigenvalue weighted by molar-refractivity contribution is 5.51. The summed E-state index contributed by atoms with van der Waals surface area (Å²) in [6.07, 6.45) is 0. The number of phenols is 1. The summed E-state index contributed by atoms with van der Waals surface area (Å²) >= 11 is 0. The number of anilines is 1. The average molecular weight is 259 g/mol. The molecule has 2 aromatic carbocycles. The molecular weight excluding hydrogens is 242 g/mol. The van der Waals surface area contributed by atoms with Crippen molar-refractivity contribution in [3.8, 4) is 11.5 Å². The smallest absolute Gasteiger partial charge is 0.124 e. The Balaban J connectivity index is 2.10. The fourth-order valence-corrected chi connectivity index (χ4v) is 1.87. The summed E-state index contributed by atoms with van der Waals surface area (Å²) in [5.41, 5.74) is 2.42. The van der Waals surface area contributed by atoms with Crippen molar-refractivity contribution in [3.63, 3.8) is 0 Å². The summed E-state index contributed by atoms with van der Waals surface area (Å²) in [6.45, 7) is 0.444. The molecule has 2 aromatic rings. The quantitative estimate of drug-likeness (QED) is 0.772. The normalized spacial score (nSPS) is 10.2. The van der Waals surface area contributed by atoms with Gasteiger partial charge in [-0.15, -0.1) is 0 Å². The predicted octanol–water partition coefficient (Wildman–Crippen LogP) is 2.51. The fourth-order valence-electron chi connectivity index (χ4n) is 1.87. The van der Waals surface area contributed by atoms with Crippen LogP contribution < -0.4 is 10.1 Å². The third-order valence-electron chi connectivity index (χ3n) is 2.93. The van der Waals surface area contributed by atoms with Crippen LogP contribution in [0.1, 0.15) is 11.1 Å². The van der Waals surface area contributed by atoms with Gasteiger partial charge in [0.05, 0.1) is 13.7 Å². The van der Waals surface area contributed by atoms with Gasteiger partial charge in [-0.3, -0.25) is 0 Å². The van der Waals surface area contributed by atoms with Crippen molar-refractivity contribution in [1.82, 2.24) is 0 Å². The number of aromatic hydroxyl groups is 1. The number of nitrogens with one attached hydrogen (secondary N) is 1. The summed E-state index contributed by atoms with van der Waals surface area (Å²) < 4.78 is 5.15. The van der Waals surface area contributed by atoms with Crippen molar-refractivity contribution in [2.24, 2.45) is 0 Å². The SMILES string of the molecule is COc1ccc(NCc2ccccc2O)cc1CO. The van der Waals surface area contributed by atoms with E-state index in [-0.39, 0.29) is 12.4 Å². The standard InChI is InChI=1S/C15H17NO3/c1-19-15-7-6-13(8-12(15)10-17)16-9-11-4-2-3-5-14(11)18/h2-8,16-18H,9-10H2,1H3. The van der Waals surface area contributed by atoms with Crippen LogP contribution in [0.4, 0.5) is 5.69 Å². The van der Waals surface area contributed by atoms with E-state index in [9.17, 15) is 10.2 Å². The Morgan fingerprint density at radius 1 is 1.11 bits per heavy atom. The number of hydrogen-bond donors (Lipinski definition) is 3. The van der Waals surface area contributed by atoms with E-state index in [1.54, 1.807) is 25.3 Å². The highest BCUT2D eigenvalue weighted by Crippen LogP contribution is 2.24. The lowest BCUT2D eigenvalue weighted by atomic mass is 10.1. The van der Waals surface area contributed by atoms with Crippen LogP contribution in [0.25, 0.3) is 0 Å². The molecule has 0 saturated heterocycles. The van der Waals surface area contributed by atoms with Crippen molar-refractivity contribution in [1.29, 1.82) is 0 Å². The molecule has 0 heterocycles. The molecular formula is C15H17NO3. The topological polar surface area (TPSA) is 61.7 Å². The Morgan fingerprint density at radius 3 is 2.58 bits per heavy atom. The van der Waals surface area contributed by atoms with E-state index in [1.807, 2.05) is 24.3 Å². The van der Waals surface area contributed by atoms with E-state index in [0.717, 1.165) is 16.8 Å². The third-order valence-corrected chi connectivity index (χ3v) is 2.93. The number of ether oxygens (including phenoxy) is 1. The molecule has 0 radical (unpaired) electrons. The lowest BCUT2D eigenvalue weighted by Crippen LogP contribution is -2.01. The minimum absolute atomic E-state index is 0.0741. The molecule has 0 unspecified atom stereocenters. The highest BCUT2D eigenvalue weighted by atomic mass is 16.5. The van der Waals surface area contributed by atoms with Crippen LogP contribution >= 0.6 is 0 Å². The second kappa shape index (κ2) is 6.11. The molecule has 4 nitrogen and oxygen atoms in total. The number of para-hydroxylation sites is 1. The first-order valence-corrected chi connectivity index (χ1v) is 6.03. The number of methoxy groups -OCH3 is 1. The number of aliphatic hydroxyl groups excluding tert-OH is 1. The zero-order valence-electron chi connectivity index (χ0n) is 10.8. The number of benzene rings is 2. The first kappa shape index (κ1) is 13.2. The molecule has 0 bridgehead atoms.